The Labute approximate surface area is 169 Å². The largest absolute Gasteiger partial charge is 0.478 e. The molecule has 11 heteroatoms. The van der Waals surface area contributed by atoms with Crippen LogP contribution in [0.3, 0.4) is 0 Å². The van der Waals surface area contributed by atoms with Gasteiger partial charge in [0.2, 0.25) is 0 Å². The third kappa shape index (κ3) is 4.84. The minimum Gasteiger partial charge on any atom is -0.478 e. The minimum atomic E-state index is -1.18. The summed E-state index contributed by atoms with van der Waals surface area (Å²) in [6.45, 7) is 0. The number of rotatable bonds is 4. The van der Waals surface area contributed by atoms with Crippen LogP contribution in [0.1, 0.15) is 20.7 Å². The third-order valence-corrected chi connectivity index (χ3v) is 4.38. The molecule has 3 N–H and O–H groups in total. The first-order valence-corrected chi connectivity index (χ1v) is 8.77. The molecule has 0 spiro atoms. The molecule has 2 aromatic rings. The Kier molecular flexibility index (Phi) is 6.40. The second-order valence-electron chi connectivity index (χ2n) is 4.83. The van der Waals surface area contributed by atoms with Crippen molar-refractivity contribution < 1.29 is 19.6 Å². The molecular weight excluding hydrogens is 494 g/mol. The predicted octanol–water partition coefficient (Wildman–Crippen LogP) is 3.94. The number of non-ortho nitro benzene ring substituents is 1. The van der Waals surface area contributed by atoms with Gasteiger partial charge in [-0.25, -0.2) is 4.79 Å². The van der Waals surface area contributed by atoms with E-state index in [1.54, 1.807) is 6.07 Å². The number of nitro groups is 1. The number of halogens is 2. The summed E-state index contributed by atoms with van der Waals surface area (Å²) in [6.07, 6.45) is 0. The molecule has 0 fully saturated rings. The van der Waals surface area contributed by atoms with Gasteiger partial charge < -0.3 is 10.4 Å². The van der Waals surface area contributed by atoms with Gasteiger partial charge in [0.1, 0.15) is 0 Å². The number of thiocarbonyl (C=S) groups is 1. The number of benzene rings is 2. The molecule has 0 heterocycles. The lowest BCUT2D eigenvalue weighted by molar-refractivity contribution is -0.384. The summed E-state index contributed by atoms with van der Waals surface area (Å²) in [6, 6.07) is 7.97. The van der Waals surface area contributed by atoms with Crippen LogP contribution in [-0.4, -0.2) is 27.0 Å². The van der Waals surface area contributed by atoms with E-state index in [2.05, 4.69) is 42.5 Å². The maximum atomic E-state index is 12.1. The molecule has 0 radical (unpaired) electrons. The number of carbonyl (C=O) groups is 2. The van der Waals surface area contributed by atoms with Crippen LogP contribution in [0.2, 0.25) is 0 Å². The molecule has 26 heavy (non-hydrogen) atoms. The molecule has 8 nitrogen and oxygen atoms in total. The topological polar surface area (TPSA) is 122 Å². The van der Waals surface area contributed by atoms with Gasteiger partial charge in [-0.2, -0.15) is 0 Å². The number of aromatic carboxylic acids is 1. The lowest BCUT2D eigenvalue weighted by Crippen LogP contribution is -2.34. The number of amides is 1. The SMILES string of the molecule is O=C(NC(=S)Nc1c(Br)cc(Br)cc1C(=O)O)c1ccc([N+](=O)[O-])cc1. The molecule has 0 saturated carbocycles. The van der Waals surface area contributed by atoms with Crippen molar-refractivity contribution in [1.82, 2.24) is 5.32 Å². The fourth-order valence-corrected chi connectivity index (χ4v) is 3.44. The second kappa shape index (κ2) is 8.34. The van der Waals surface area contributed by atoms with Crippen LogP contribution in [0.25, 0.3) is 0 Å². The average molecular weight is 503 g/mol. The maximum Gasteiger partial charge on any atom is 0.337 e. The van der Waals surface area contributed by atoms with Gasteiger partial charge in [-0.1, -0.05) is 15.9 Å². The van der Waals surface area contributed by atoms with E-state index in [1.165, 1.54) is 30.3 Å². The predicted molar refractivity (Wildman–Crippen MR) is 106 cm³/mol. The smallest absolute Gasteiger partial charge is 0.337 e. The quantitative estimate of drug-likeness (QED) is 0.328. The highest BCUT2D eigenvalue weighted by molar-refractivity contribution is 9.11. The molecule has 0 bridgehead atoms. The van der Waals surface area contributed by atoms with E-state index in [0.717, 1.165) is 0 Å². The molecule has 0 saturated heterocycles. The van der Waals surface area contributed by atoms with Crippen LogP contribution in [0.5, 0.6) is 0 Å². The van der Waals surface area contributed by atoms with Gasteiger partial charge in [0.15, 0.2) is 5.11 Å². The van der Waals surface area contributed by atoms with Crippen LogP contribution < -0.4 is 10.6 Å². The normalized spacial score (nSPS) is 10.1. The van der Waals surface area contributed by atoms with E-state index >= 15 is 0 Å². The number of nitrogens with one attached hydrogen (secondary N) is 2. The molecule has 1 amide bonds. The lowest BCUT2D eigenvalue weighted by atomic mass is 10.2. The number of carboxylic acid groups (broad SMARTS) is 1. The summed E-state index contributed by atoms with van der Waals surface area (Å²) < 4.78 is 0.976. The molecule has 0 aliphatic heterocycles. The Balaban J connectivity index is 2.15. The number of anilines is 1. The maximum absolute atomic E-state index is 12.1. The lowest BCUT2D eigenvalue weighted by Gasteiger charge is -2.14. The van der Waals surface area contributed by atoms with Crippen molar-refractivity contribution >= 4 is 72.4 Å². The molecule has 0 aromatic heterocycles. The summed E-state index contributed by atoms with van der Waals surface area (Å²) in [4.78, 5) is 33.6. The van der Waals surface area contributed by atoms with Crippen molar-refractivity contribution in [3.05, 3.63) is 66.6 Å². The van der Waals surface area contributed by atoms with Crippen LogP contribution in [0, 0.1) is 10.1 Å². The number of hydrogen-bond donors (Lipinski definition) is 3. The molecule has 2 rings (SSSR count). The number of nitro benzene ring substituents is 1. The van der Waals surface area contributed by atoms with E-state index < -0.39 is 16.8 Å². The molecule has 0 aliphatic rings. The van der Waals surface area contributed by atoms with E-state index in [1.807, 2.05) is 0 Å². The Morgan fingerprint density at radius 2 is 1.77 bits per heavy atom. The van der Waals surface area contributed by atoms with Crippen molar-refractivity contribution in [2.75, 3.05) is 5.32 Å². The van der Waals surface area contributed by atoms with Gasteiger partial charge in [-0.15, -0.1) is 0 Å². The van der Waals surface area contributed by atoms with E-state index in [0.29, 0.717) is 8.95 Å². The Bertz CT molecular complexity index is 918. The van der Waals surface area contributed by atoms with Crippen LogP contribution >= 0.6 is 44.1 Å². The zero-order valence-corrected chi connectivity index (χ0v) is 16.6. The molecule has 134 valence electrons. The summed E-state index contributed by atoms with van der Waals surface area (Å²) in [5.74, 6) is -1.78. The number of carbonyl (C=O) groups excluding carboxylic acids is 1. The van der Waals surface area contributed by atoms with Gasteiger partial charge in [0.05, 0.1) is 16.2 Å². The van der Waals surface area contributed by atoms with Gasteiger partial charge in [-0.05, 0) is 52.4 Å². The highest BCUT2D eigenvalue weighted by atomic mass is 79.9. The Morgan fingerprint density at radius 1 is 1.15 bits per heavy atom. The van der Waals surface area contributed by atoms with E-state index in [9.17, 15) is 24.8 Å². The molecular formula is C15H9Br2N3O5S. The molecule has 0 atom stereocenters. The van der Waals surface area contributed by atoms with Gasteiger partial charge in [0, 0.05) is 26.6 Å². The van der Waals surface area contributed by atoms with Crippen LogP contribution in [0.4, 0.5) is 11.4 Å². The second-order valence-corrected chi connectivity index (χ2v) is 7.01. The van der Waals surface area contributed by atoms with E-state index in [4.69, 9.17) is 12.2 Å². The van der Waals surface area contributed by atoms with Gasteiger partial charge in [-0.3, -0.25) is 20.2 Å². The van der Waals surface area contributed by atoms with Crippen molar-refractivity contribution in [1.29, 1.82) is 0 Å². The van der Waals surface area contributed by atoms with Crippen LogP contribution in [-0.2, 0) is 0 Å². The third-order valence-electron chi connectivity index (χ3n) is 3.09. The van der Waals surface area contributed by atoms with Crippen molar-refractivity contribution in [2.24, 2.45) is 0 Å². The zero-order valence-electron chi connectivity index (χ0n) is 12.7. The van der Waals surface area contributed by atoms with Crippen molar-refractivity contribution in [3.8, 4) is 0 Å². The fourth-order valence-electron chi connectivity index (χ4n) is 1.92. The fraction of sp³-hybridized carbons (Fsp3) is 0. The van der Waals surface area contributed by atoms with Gasteiger partial charge >= 0.3 is 5.97 Å². The number of hydrogen-bond acceptors (Lipinski definition) is 5. The van der Waals surface area contributed by atoms with Gasteiger partial charge in [0.25, 0.3) is 11.6 Å². The summed E-state index contributed by atoms with van der Waals surface area (Å²) >= 11 is 11.5. The molecule has 0 aliphatic carbocycles. The Hall–Kier alpha value is -2.37. The first-order chi connectivity index (χ1) is 12.2. The van der Waals surface area contributed by atoms with Crippen molar-refractivity contribution in [3.63, 3.8) is 0 Å². The van der Waals surface area contributed by atoms with Crippen LogP contribution in [0.15, 0.2) is 45.3 Å². The summed E-state index contributed by atoms with van der Waals surface area (Å²) in [7, 11) is 0. The van der Waals surface area contributed by atoms with E-state index in [-0.39, 0.29) is 27.6 Å². The van der Waals surface area contributed by atoms with Crippen molar-refractivity contribution in [2.45, 2.75) is 0 Å². The highest BCUT2D eigenvalue weighted by Gasteiger charge is 2.17. The molecule has 0 unspecified atom stereocenters. The number of carboxylic acids is 1. The summed E-state index contributed by atoms with van der Waals surface area (Å²) in [5.41, 5.74) is 0.133. The Morgan fingerprint density at radius 3 is 2.31 bits per heavy atom. The minimum absolute atomic E-state index is 0.0572. The average Bonchev–Trinajstić information content (AvgIpc) is 2.56. The monoisotopic (exact) mass is 501 g/mol. The zero-order chi connectivity index (χ0) is 19.4. The molecule has 2 aromatic carbocycles. The first kappa shape index (κ1) is 19.9. The first-order valence-electron chi connectivity index (χ1n) is 6.78. The summed E-state index contributed by atoms with van der Waals surface area (Å²) in [5, 5.41) is 24.8. The number of nitrogens with zero attached hydrogens (tertiary/aromatic N) is 1. The standard InChI is InChI=1S/C15H9Br2N3O5S/c16-8-5-10(14(22)23)12(11(17)6-8)18-15(26)19-13(21)7-1-3-9(4-2-7)20(24)25/h1-6H,(H,22,23)(H2,18,19,21,26). The highest BCUT2D eigenvalue weighted by Crippen LogP contribution is 2.30.